The molecule has 1 aromatic rings. The molecule has 1 aliphatic rings. The number of carboxylic acids is 1. The number of piperidine rings is 1. The average molecular weight is 384 g/mol. The first kappa shape index (κ1) is 20.2. The molecule has 1 aliphatic heterocycles. The van der Waals surface area contributed by atoms with Gasteiger partial charge < -0.3 is 15.2 Å². The standard InChI is InChI=1S/C17H24N2O6S/c1-26(23,24)19-10-7-14(8-11-19)17(22)18-9-6-13-2-4-15(5-3-13)25-12-16(20)21/h2-5,14H,6-12H2,1H3,(H,18,22)(H,20,21). The lowest BCUT2D eigenvalue weighted by Gasteiger charge is -2.29. The van der Waals surface area contributed by atoms with Crippen molar-refractivity contribution in [2.45, 2.75) is 19.3 Å². The molecule has 0 unspecified atom stereocenters. The van der Waals surface area contributed by atoms with Crippen LogP contribution in [0.15, 0.2) is 24.3 Å². The Morgan fingerprint density at radius 1 is 1.23 bits per heavy atom. The molecule has 0 aliphatic carbocycles. The van der Waals surface area contributed by atoms with E-state index in [0.29, 0.717) is 44.6 Å². The topological polar surface area (TPSA) is 113 Å². The molecule has 0 atom stereocenters. The van der Waals surface area contributed by atoms with Crippen molar-refractivity contribution in [1.82, 2.24) is 9.62 Å². The number of sulfonamides is 1. The first-order chi connectivity index (χ1) is 12.3. The minimum Gasteiger partial charge on any atom is -0.482 e. The Morgan fingerprint density at radius 3 is 2.38 bits per heavy atom. The van der Waals surface area contributed by atoms with Crippen molar-refractivity contribution in [2.75, 3.05) is 32.5 Å². The first-order valence-electron chi connectivity index (χ1n) is 8.42. The van der Waals surface area contributed by atoms with Crippen molar-refractivity contribution in [1.29, 1.82) is 0 Å². The summed E-state index contributed by atoms with van der Waals surface area (Å²) in [7, 11) is -3.18. The molecule has 2 N–H and O–H groups in total. The van der Waals surface area contributed by atoms with E-state index >= 15 is 0 Å². The first-order valence-corrected chi connectivity index (χ1v) is 10.3. The SMILES string of the molecule is CS(=O)(=O)N1CCC(C(=O)NCCc2ccc(OCC(=O)O)cc2)CC1. The third kappa shape index (κ3) is 6.30. The number of rotatable bonds is 8. The second-order valence-corrected chi connectivity index (χ2v) is 8.29. The van der Waals surface area contributed by atoms with E-state index in [2.05, 4.69) is 5.32 Å². The van der Waals surface area contributed by atoms with Gasteiger partial charge in [0, 0.05) is 25.6 Å². The van der Waals surface area contributed by atoms with Gasteiger partial charge in [-0.05, 0) is 37.0 Å². The second-order valence-electron chi connectivity index (χ2n) is 6.30. The number of nitrogens with one attached hydrogen (secondary N) is 1. The largest absolute Gasteiger partial charge is 0.482 e. The zero-order valence-corrected chi connectivity index (χ0v) is 15.5. The van der Waals surface area contributed by atoms with Crippen LogP contribution in [0.4, 0.5) is 0 Å². The third-order valence-corrected chi connectivity index (χ3v) is 5.60. The van der Waals surface area contributed by atoms with Crippen LogP contribution >= 0.6 is 0 Å². The summed E-state index contributed by atoms with van der Waals surface area (Å²) < 4.78 is 29.4. The Hall–Kier alpha value is -2.13. The highest BCUT2D eigenvalue weighted by Gasteiger charge is 2.28. The summed E-state index contributed by atoms with van der Waals surface area (Å²) in [5.41, 5.74) is 1.000. The van der Waals surface area contributed by atoms with Gasteiger partial charge in [-0.25, -0.2) is 17.5 Å². The van der Waals surface area contributed by atoms with Gasteiger partial charge in [0.25, 0.3) is 0 Å². The average Bonchev–Trinajstić information content (AvgIpc) is 2.60. The quantitative estimate of drug-likeness (QED) is 0.674. The monoisotopic (exact) mass is 384 g/mol. The highest BCUT2D eigenvalue weighted by molar-refractivity contribution is 7.88. The molecule has 1 saturated heterocycles. The molecule has 0 saturated carbocycles. The second kappa shape index (κ2) is 9.00. The Bertz CT molecular complexity index is 724. The molecule has 26 heavy (non-hydrogen) atoms. The Balaban J connectivity index is 1.71. The van der Waals surface area contributed by atoms with E-state index in [1.165, 1.54) is 10.6 Å². The summed E-state index contributed by atoms with van der Waals surface area (Å²) in [6.07, 6.45) is 2.90. The molecule has 1 heterocycles. The highest BCUT2D eigenvalue weighted by atomic mass is 32.2. The van der Waals surface area contributed by atoms with Gasteiger partial charge in [-0.1, -0.05) is 12.1 Å². The fourth-order valence-electron chi connectivity index (χ4n) is 2.82. The van der Waals surface area contributed by atoms with Gasteiger partial charge in [-0.3, -0.25) is 4.79 Å². The van der Waals surface area contributed by atoms with E-state index in [1.54, 1.807) is 12.1 Å². The molecular weight excluding hydrogens is 360 g/mol. The lowest BCUT2D eigenvalue weighted by Crippen LogP contribution is -2.42. The van der Waals surface area contributed by atoms with Crippen molar-refractivity contribution in [3.63, 3.8) is 0 Å². The zero-order valence-electron chi connectivity index (χ0n) is 14.7. The number of amides is 1. The van der Waals surface area contributed by atoms with Crippen LogP contribution in [0.25, 0.3) is 0 Å². The van der Waals surface area contributed by atoms with Gasteiger partial charge in [-0.2, -0.15) is 0 Å². The van der Waals surface area contributed by atoms with Crippen LogP contribution in [0.1, 0.15) is 18.4 Å². The van der Waals surface area contributed by atoms with Crippen molar-refractivity contribution in [3.8, 4) is 5.75 Å². The van der Waals surface area contributed by atoms with Gasteiger partial charge in [-0.15, -0.1) is 0 Å². The minimum atomic E-state index is -3.18. The molecule has 1 fully saturated rings. The van der Waals surface area contributed by atoms with Crippen LogP contribution in [0.3, 0.4) is 0 Å². The molecule has 1 amide bonds. The van der Waals surface area contributed by atoms with Crippen LogP contribution in [-0.4, -0.2) is 62.2 Å². The van der Waals surface area contributed by atoms with E-state index in [9.17, 15) is 18.0 Å². The van der Waals surface area contributed by atoms with E-state index in [4.69, 9.17) is 9.84 Å². The molecule has 8 nitrogen and oxygen atoms in total. The molecular formula is C17H24N2O6S. The fraction of sp³-hybridized carbons (Fsp3) is 0.529. The number of benzene rings is 1. The summed E-state index contributed by atoms with van der Waals surface area (Å²) in [4.78, 5) is 22.6. The molecule has 0 spiro atoms. The van der Waals surface area contributed by atoms with E-state index in [-0.39, 0.29) is 18.4 Å². The molecule has 9 heteroatoms. The number of ether oxygens (including phenoxy) is 1. The van der Waals surface area contributed by atoms with Crippen LogP contribution < -0.4 is 10.1 Å². The van der Waals surface area contributed by atoms with Gasteiger partial charge in [0.2, 0.25) is 15.9 Å². The molecule has 2 rings (SSSR count). The lowest BCUT2D eigenvalue weighted by atomic mass is 9.97. The van der Waals surface area contributed by atoms with Crippen LogP contribution in [-0.2, 0) is 26.0 Å². The summed E-state index contributed by atoms with van der Waals surface area (Å²) in [6, 6.07) is 7.05. The molecule has 0 bridgehead atoms. The number of hydrogen-bond acceptors (Lipinski definition) is 5. The fourth-order valence-corrected chi connectivity index (χ4v) is 3.70. The van der Waals surface area contributed by atoms with Crippen molar-refractivity contribution >= 4 is 21.9 Å². The zero-order chi connectivity index (χ0) is 19.2. The van der Waals surface area contributed by atoms with Crippen molar-refractivity contribution < 1.29 is 27.9 Å². The predicted octanol–water partition coefficient (Wildman–Crippen LogP) is 0.480. The maximum absolute atomic E-state index is 12.2. The Labute approximate surface area is 153 Å². The number of nitrogens with zero attached hydrogens (tertiary/aromatic N) is 1. The summed E-state index contributed by atoms with van der Waals surface area (Å²) in [5, 5.41) is 11.5. The number of hydrogen-bond donors (Lipinski definition) is 2. The van der Waals surface area contributed by atoms with Crippen LogP contribution in [0, 0.1) is 5.92 Å². The van der Waals surface area contributed by atoms with Gasteiger partial charge in [0.15, 0.2) is 6.61 Å². The molecule has 144 valence electrons. The Morgan fingerprint density at radius 2 is 1.85 bits per heavy atom. The summed E-state index contributed by atoms with van der Waals surface area (Å²) >= 11 is 0. The number of carbonyl (C=O) groups is 2. The maximum atomic E-state index is 12.2. The Kier molecular flexibility index (Phi) is 6.98. The van der Waals surface area contributed by atoms with Gasteiger partial charge >= 0.3 is 5.97 Å². The van der Waals surface area contributed by atoms with E-state index in [1.807, 2.05) is 12.1 Å². The smallest absolute Gasteiger partial charge is 0.341 e. The van der Waals surface area contributed by atoms with Crippen molar-refractivity contribution in [3.05, 3.63) is 29.8 Å². The number of carbonyl (C=O) groups excluding carboxylic acids is 1. The number of aliphatic carboxylic acids is 1. The number of carboxylic acid groups (broad SMARTS) is 1. The van der Waals surface area contributed by atoms with Gasteiger partial charge in [0.05, 0.1) is 6.26 Å². The normalized spacial score (nSPS) is 16.2. The maximum Gasteiger partial charge on any atom is 0.341 e. The van der Waals surface area contributed by atoms with Crippen LogP contribution in [0.5, 0.6) is 5.75 Å². The molecule has 1 aromatic carbocycles. The van der Waals surface area contributed by atoms with E-state index in [0.717, 1.165) is 5.56 Å². The predicted molar refractivity (Wildman–Crippen MR) is 95.4 cm³/mol. The molecule has 0 aromatic heterocycles. The minimum absolute atomic E-state index is 0.0421. The van der Waals surface area contributed by atoms with Gasteiger partial charge in [0.1, 0.15) is 5.75 Å². The van der Waals surface area contributed by atoms with Crippen molar-refractivity contribution in [2.24, 2.45) is 5.92 Å². The van der Waals surface area contributed by atoms with E-state index < -0.39 is 16.0 Å². The van der Waals surface area contributed by atoms with Crippen LogP contribution in [0.2, 0.25) is 0 Å². The third-order valence-electron chi connectivity index (χ3n) is 4.29. The summed E-state index contributed by atoms with van der Waals surface area (Å²) in [6.45, 7) is 0.872. The summed E-state index contributed by atoms with van der Waals surface area (Å²) in [5.74, 6) is -0.740. The lowest BCUT2D eigenvalue weighted by molar-refractivity contribution is -0.139. The molecule has 0 radical (unpaired) electrons. The highest BCUT2D eigenvalue weighted by Crippen LogP contribution is 2.19.